The number of hydrogen-bond donors (Lipinski definition) is 1. The van der Waals surface area contributed by atoms with Crippen LogP contribution in [0.25, 0.3) is 0 Å². The van der Waals surface area contributed by atoms with Gasteiger partial charge in [-0.1, -0.05) is 13.3 Å². The number of halogens is 1. The highest BCUT2D eigenvalue weighted by molar-refractivity contribution is 9.10. The predicted molar refractivity (Wildman–Crippen MR) is 62.7 cm³/mol. The van der Waals surface area contributed by atoms with Crippen molar-refractivity contribution in [3.8, 4) is 0 Å². The standard InChI is InChI=1S/C10H16BrN3O/c1-3-7(5-12)4-9(15)10-8(11)6-13-14(10)2/h6-7H,3-5,12H2,1-2H3. The minimum Gasteiger partial charge on any atom is -0.330 e. The highest BCUT2D eigenvalue weighted by atomic mass is 79.9. The van der Waals surface area contributed by atoms with Crippen molar-refractivity contribution in [2.24, 2.45) is 18.7 Å². The van der Waals surface area contributed by atoms with Crippen LogP contribution in [0.1, 0.15) is 30.3 Å². The van der Waals surface area contributed by atoms with E-state index in [1.54, 1.807) is 17.9 Å². The molecule has 0 bridgehead atoms. The molecule has 1 heterocycles. The van der Waals surface area contributed by atoms with E-state index in [0.29, 0.717) is 18.7 Å². The fraction of sp³-hybridized carbons (Fsp3) is 0.600. The molecule has 0 saturated carbocycles. The van der Waals surface area contributed by atoms with Crippen LogP contribution in [0.2, 0.25) is 0 Å². The normalized spacial score (nSPS) is 12.8. The molecule has 1 unspecified atom stereocenters. The molecule has 1 aromatic rings. The van der Waals surface area contributed by atoms with Crippen LogP contribution in [0.3, 0.4) is 0 Å². The molecule has 15 heavy (non-hydrogen) atoms. The fourth-order valence-electron chi connectivity index (χ4n) is 1.48. The van der Waals surface area contributed by atoms with Gasteiger partial charge in [-0.15, -0.1) is 0 Å². The van der Waals surface area contributed by atoms with Gasteiger partial charge in [0.05, 0.1) is 10.7 Å². The van der Waals surface area contributed by atoms with Crippen LogP contribution in [0.15, 0.2) is 10.7 Å². The fourth-order valence-corrected chi connectivity index (χ4v) is 2.05. The van der Waals surface area contributed by atoms with E-state index >= 15 is 0 Å². The van der Waals surface area contributed by atoms with Gasteiger partial charge in [0.1, 0.15) is 5.69 Å². The Balaban J connectivity index is 2.77. The van der Waals surface area contributed by atoms with E-state index in [2.05, 4.69) is 21.0 Å². The topological polar surface area (TPSA) is 60.9 Å². The summed E-state index contributed by atoms with van der Waals surface area (Å²) in [6.45, 7) is 2.60. The van der Waals surface area contributed by atoms with Crippen LogP contribution in [0, 0.1) is 5.92 Å². The summed E-state index contributed by atoms with van der Waals surface area (Å²) in [7, 11) is 1.77. The van der Waals surface area contributed by atoms with Crippen LogP contribution in [0.4, 0.5) is 0 Å². The maximum absolute atomic E-state index is 11.9. The van der Waals surface area contributed by atoms with Crippen molar-refractivity contribution in [2.45, 2.75) is 19.8 Å². The Morgan fingerprint density at radius 3 is 2.80 bits per heavy atom. The van der Waals surface area contributed by atoms with Crippen molar-refractivity contribution in [3.05, 3.63) is 16.4 Å². The Hall–Kier alpha value is -0.680. The number of carbonyl (C=O) groups excluding carboxylic acids is 1. The zero-order chi connectivity index (χ0) is 11.4. The van der Waals surface area contributed by atoms with Gasteiger partial charge < -0.3 is 5.73 Å². The van der Waals surface area contributed by atoms with Crippen molar-refractivity contribution in [3.63, 3.8) is 0 Å². The molecule has 0 fully saturated rings. The van der Waals surface area contributed by atoms with Crippen LogP contribution in [-0.4, -0.2) is 22.1 Å². The van der Waals surface area contributed by atoms with E-state index in [0.717, 1.165) is 10.9 Å². The quantitative estimate of drug-likeness (QED) is 0.832. The van der Waals surface area contributed by atoms with E-state index in [4.69, 9.17) is 5.73 Å². The molecule has 0 radical (unpaired) electrons. The number of aromatic nitrogens is 2. The molecule has 84 valence electrons. The maximum atomic E-state index is 11.9. The number of rotatable bonds is 5. The highest BCUT2D eigenvalue weighted by Crippen LogP contribution is 2.19. The minimum atomic E-state index is 0.0965. The first-order valence-electron chi connectivity index (χ1n) is 5.00. The SMILES string of the molecule is CCC(CN)CC(=O)c1c(Br)cnn1C. The van der Waals surface area contributed by atoms with E-state index in [1.807, 2.05) is 6.92 Å². The second-order valence-electron chi connectivity index (χ2n) is 3.60. The lowest BCUT2D eigenvalue weighted by Crippen LogP contribution is -2.19. The number of ketones is 1. The molecule has 1 aromatic heterocycles. The third-order valence-electron chi connectivity index (χ3n) is 2.54. The largest absolute Gasteiger partial charge is 0.330 e. The van der Waals surface area contributed by atoms with Crippen LogP contribution in [0.5, 0.6) is 0 Å². The zero-order valence-corrected chi connectivity index (χ0v) is 10.6. The average molecular weight is 274 g/mol. The first-order chi connectivity index (χ1) is 7.10. The van der Waals surface area contributed by atoms with E-state index in [1.165, 1.54) is 0 Å². The summed E-state index contributed by atoms with van der Waals surface area (Å²) in [6, 6.07) is 0. The average Bonchev–Trinajstić information content (AvgIpc) is 2.55. The number of carbonyl (C=O) groups is 1. The third kappa shape index (κ3) is 2.89. The van der Waals surface area contributed by atoms with Crippen LogP contribution in [-0.2, 0) is 7.05 Å². The molecule has 0 amide bonds. The van der Waals surface area contributed by atoms with Gasteiger partial charge in [-0.3, -0.25) is 9.48 Å². The van der Waals surface area contributed by atoms with Crippen LogP contribution < -0.4 is 5.73 Å². The van der Waals surface area contributed by atoms with Gasteiger partial charge in [0, 0.05) is 13.5 Å². The Morgan fingerprint density at radius 1 is 1.73 bits per heavy atom. The van der Waals surface area contributed by atoms with E-state index in [-0.39, 0.29) is 11.7 Å². The second-order valence-corrected chi connectivity index (χ2v) is 4.46. The molecule has 0 aliphatic carbocycles. The first kappa shape index (κ1) is 12.4. The summed E-state index contributed by atoms with van der Waals surface area (Å²) in [6.07, 6.45) is 3.06. The minimum absolute atomic E-state index is 0.0965. The lowest BCUT2D eigenvalue weighted by molar-refractivity contribution is 0.0951. The molecule has 4 nitrogen and oxygen atoms in total. The van der Waals surface area contributed by atoms with Gasteiger partial charge in [-0.25, -0.2) is 0 Å². The predicted octanol–water partition coefficient (Wildman–Crippen LogP) is 1.74. The third-order valence-corrected chi connectivity index (χ3v) is 3.12. The summed E-state index contributed by atoms with van der Waals surface area (Å²) in [4.78, 5) is 11.9. The summed E-state index contributed by atoms with van der Waals surface area (Å²) >= 11 is 3.32. The van der Waals surface area contributed by atoms with Crippen molar-refractivity contribution in [2.75, 3.05) is 6.54 Å². The molecule has 5 heteroatoms. The Bertz CT molecular complexity index is 325. The van der Waals surface area contributed by atoms with Crippen molar-refractivity contribution in [1.29, 1.82) is 0 Å². The molecule has 0 saturated heterocycles. The molecular formula is C10H16BrN3O. The van der Waals surface area contributed by atoms with Crippen molar-refractivity contribution in [1.82, 2.24) is 9.78 Å². The Kier molecular flexibility index (Phi) is 4.47. The molecule has 0 aromatic carbocycles. The van der Waals surface area contributed by atoms with Crippen molar-refractivity contribution < 1.29 is 4.79 Å². The number of aryl methyl sites for hydroxylation is 1. The number of nitrogens with two attached hydrogens (primary N) is 1. The zero-order valence-electron chi connectivity index (χ0n) is 9.03. The molecular weight excluding hydrogens is 258 g/mol. The first-order valence-corrected chi connectivity index (χ1v) is 5.80. The molecule has 2 N–H and O–H groups in total. The van der Waals surface area contributed by atoms with Gasteiger partial charge in [0.25, 0.3) is 0 Å². The second kappa shape index (κ2) is 5.42. The maximum Gasteiger partial charge on any atom is 0.182 e. The molecule has 1 atom stereocenters. The van der Waals surface area contributed by atoms with Gasteiger partial charge >= 0.3 is 0 Å². The molecule has 1 rings (SSSR count). The van der Waals surface area contributed by atoms with Gasteiger partial charge in [0.2, 0.25) is 0 Å². The lowest BCUT2D eigenvalue weighted by atomic mass is 9.98. The molecule has 0 spiro atoms. The summed E-state index contributed by atoms with van der Waals surface area (Å²) in [5.41, 5.74) is 6.20. The molecule has 0 aliphatic rings. The Labute approximate surface area is 98.0 Å². The van der Waals surface area contributed by atoms with E-state index < -0.39 is 0 Å². The van der Waals surface area contributed by atoms with Crippen molar-refractivity contribution >= 4 is 21.7 Å². The highest BCUT2D eigenvalue weighted by Gasteiger charge is 2.18. The lowest BCUT2D eigenvalue weighted by Gasteiger charge is -2.10. The summed E-state index contributed by atoms with van der Waals surface area (Å²) in [5, 5.41) is 4.01. The smallest absolute Gasteiger partial charge is 0.182 e. The van der Waals surface area contributed by atoms with Crippen LogP contribution >= 0.6 is 15.9 Å². The summed E-state index contributed by atoms with van der Waals surface area (Å²) in [5.74, 6) is 0.360. The number of nitrogens with zero attached hydrogens (tertiary/aromatic N) is 2. The summed E-state index contributed by atoms with van der Waals surface area (Å²) < 4.78 is 2.34. The van der Waals surface area contributed by atoms with Gasteiger partial charge in [-0.05, 0) is 28.4 Å². The van der Waals surface area contributed by atoms with Gasteiger partial charge in [0.15, 0.2) is 5.78 Å². The molecule has 0 aliphatic heterocycles. The Morgan fingerprint density at radius 2 is 2.40 bits per heavy atom. The number of Topliss-reactive ketones (excluding diaryl/α,β-unsaturated/α-hetero) is 1. The number of hydrogen-bond acceptors (Lipinski definition) is 3. The van der Waals surface area contributed by atoms with Gasteiger partial charge in [-0.2, -0.15) is 5.10 Å². The van der Waals surface area contributed by atoms with E-state index in [9.17, 15) is 4.79 Å². The monoisotopic (exact) mass is 273 g/mol.